The normalized spacial score (nSPS) is 10.9. The average Bonchev–Trinajstić information content (AvgIpc) is 3.21. The minimum absolute atomic E-state index is 0. The van der Waals surface area contributed by atoms with Crippen molar-refractivity contribution in [1.82, 2.24) is 20.0 Å². The van der Waals surface area contributed by atoms with Gasteiger partial charge in [-0.15, -0.1) is 24.0 Å². The number of aromatic nitrogens is 2. The first-order valence-electron chi connectivity index (χ1n) is 9.34. The molecule has 1 heterocycles. The van der Waals surface area contributed by atoms with Crippen molar-refractivity contribution in [2.24, 2.45) is 4.99 Å². The third kappa shape index (κ3) is 6.22. The van der Waals surface area contributed by atoms with Crippen LogP contribution in [0, 0.1) is 0 Å². The maximum atomic E-state index is 5.44. The van der Waals surface area contributed by atoms with Crippen LogP contribution in [0.4, 0.5) is 0 Å². The second kappa shape index (κ2) is 11.5. The number of nitrogens with zero attached hydrogens (tertiary/aromatic N) is 4. The van der Waals surface area contributed by atoms with Gasteiger partial charge in [0.15, 0.2) is 5.96 Å². The SMILES string of the molecule is CN=C(NCCc1cnn(-c2ccccc2)c1)N(C)Cc1ccccc1OC.I. The molecule has 0 bridgehead atoms. The van der Waals surface area contributed by atoms with E-state index in [0.717, 1.165) is 42.5 Å². The molecular formula is C22H28IN5O. The number of methoxy groups -OCH3 is 1. The van der Waals surface area contributed by atoms with Crippen LogP contribution in [0.15, 0.2) is 72.0 Å². The summed E-state index contributed by atoms with van der Waals surface area (Å²) >= 11 is 0. The summed E-state index contributed by atoms with van der Waals surface area (Å²) < 4.78 is 7.34. The first-order valence-corrected chi connectivity index (χ1v) is 9.34. The van der Waals surface area contributed by atoms with Gasteiger partial charge in [-0.3, -0.25) is 4.99 Å². The van der Waals surface area contributed by atoms with Gasteiger partial charge < -0.3 is 15.0 Å². The number of ether oxygens (including phenoxy) is 1. The van der Waals surface area contributed by atoms with Crippen molar-refractivity contribution >= 4 is 29.9 Å². The summed E-state index contributed by atoms with van der Waals surface area (Å²) in [4.78, 5) is 6.48. The minimum Gasteiger partial charge on any atom is -0.496 e. The largest absolute Gasteiger partial charge is 0.496 e. The van der Waals surface area contributed by atoms with Crippen LogP contribution in [0.25, 0.3) is 5.69 Å². The number of nitrogens with one attached hydrogen (secondary N) is 1. The van der Waals surface area contributed by atoms with Crippen molar-refractivity contribution in [1.29, 1.82) is 0 Å². The zero-order chi connectivity index (χ0) is 19.8. The summed E-state index contributed by atoms with van der Waals surface area (Å²) in [6.45, 7) is 1.50. The molecule has 1 aromatic heterocycles. The Morgan fingerprint density at radius 2 is 1.86 bits per heavy atom. The van der Waals surface area contributed by atoms with Crippen molar-refractivity contribution in [3.8, 4) is 11.4 Å². The quantitative estimate of drug-likeness (QED) is 0.302. The number of benzene rings is 2. The molecule has 0 spiro atoms. The minimum atomic E-state index is 0. The van der Waals surface area contributed by atoms with Crippen molar-refractivity contribution < 1.29 is 4.74 Å². The highest BCUT2D eigenvalue weighted by Gasteiger charge is 2.10. The van der Waals surface area contributed by atoms with Crippen molar-refractivity contribution in [2.45, 2.75) is 13.0 Å². The van der Waals surface area contributed by atoms with Crippen LogP contribution in [-0.4, -0.2) is 48.4 Å². The zero-order valence-corrected chi connectivity index (χ0v) is 19.4. The molecular weight excluding hydrogens is 477 g/mol. The fraction of sp³-hybridized carbons (Fsp3) is 0.273. The molecule has 6 nitrogen and oxygen atoms in total. The molecule has 7 heteroatoms. The van der Waals surface area contributed by atoms with Gasteiger partial charge in [-0.25, -0.2) is 4.68 Å². The summed E-state index contributed by atoms with van der Waals surface area (Å²) in [7, 11) is 5.52. The number of hydrogen-bond donors (Lipinski definition) is 1. The summed E-state index contributed by atoms with van der Waals surface area (Å²) in [5, 5.41) is 7.87. The Morgan fingerprint density at radius 1 is 1.14 bits per heavy atom. The third-order valence-electron chi connectivity index (χ3n) is 4.53. The second-order valence-electron chi connectivity index (χ2n) is 6.52. The first kappa shape index (κ1) is 22.7. The Morgan fingerprint density at radius 3 is 2.59 bits per heavy atom. The number of guanidine groups is 1. The molecule has 0 radical (unpaired) electrons. The van der Waals surface area contributed by atoms with Gasteiger partial charge in [0.05, 0.1) is 19.0 Å². The van der Waals surface area contributed by atoms with E-state index in [4.69, 9.17) is 4.74 Å². The third-order valence-corrected chi connectivity index (χ3v) is 4.53. The Balaban J connectivity index is 0.00000300. The molecule has 0 amide bonds. The van der Waals surface area contributed by atoms with E-state index in [2.05, 4.69) is 32.6 Å². The van der Waals surface area contributed by atoms with Crippen LogP contribution in [0.2, 0.25) is 0 Å². The first-order chi connectivity index (χ1) is 13.7. The molecule has 154 valence electrons. The molecule has 0 aliphatic rings. The summed E-state index contributed by atoms with van der Waals surface area (Å²) in [6, 6.07) is 18.2. The molecule has 3 aromatic rings. The molecule has 0 aliphatic carbocycles. The van der Waals surface area contributed by atoms with Gasteiger partial charge >= 0.3 is 0 Å². The maximum Gasteiger partial charge on any atom is 0.193 e. The molecule has 29 heavy (non-hydrogen) atoms. The van der Waals surface area contributed by atoms with E-state index in [1.54, 1.807) is 14.2 Å². The van der Waals surface area contributed by atoms with Crippen LogP contribution in [-0.2, 0) is 13.0 Å². The van der Waals surface area contributed by atoms with Crippen LogP contribution >= 0.6 is 24.0 Å². The lowest BCUT2D eigenvalue weighted by atomic mass is 10.2. The lowest BCUT2D eigenvalue weighted by Crippen LogP contribution is -2.39. The summed E-state index contributed by atoms with van der Waals surface area (Å²) in [6.07, 6.45) is 4.85. The van der Waals surface area contributed by atoms with Gasteiger partial charge in [0.2, 0.25) is 0 Å². The van der Waals surface area contributed by atoms with E-state index in [9.17, 15) is 0 Å². The molecule has 3 rings (SSSR count). The lowest BCUT2D eigenvalue weighted by molar-refractivity contribution is 0.396. The van der Waals surface area contributed by atoms with Crippen molar-refractivity contribution in [3.63, 3.8) is 0 Å². The highest BCUT2D eigenvalue weighted by atomic mass is 127. The number of halogens is 1. The Kier molecular flexibility index (Phi) is 8.98. The van der Waals surface area contributed by atoms with E-state index in [-0.39, 0.29) is 24.0 Å². The van der Waals surface area contributed by atoms with Crippen LogP contribution in [0.3, 0.4) is 0 Å². The lowest BCUT2D eigenvalue weighted by Gasteiger charge is -2.23. The molecule has 0 unspecified atom stereocenters. The smallest absolute Gasteiger partial charge is 0.193 e. The molecule has 2 aromatic carbocycles. The number of aliphatic imine (C=N–C) groups is 1. The predicted octanol–water partition coefficient (Wildman–Crippen LogP) is 3.75. The van der Waals surface area contributed by atoms with E-state index < -0.39 is 0 Å². The van der Waals surface area contributed by atoms with E-state index in [0.29, 0.717) is 0 Å². The Hall–Kier alpha value is -2.55. The van der Waals surface area contributed by atoms with E-state index in [1.165, 1.54) is 5.56 Å². The number of para-hydroxylation sites is 2. The van der Waals surface area contributed by atoms with Gasteiger partial charge in [-0.05, 0) is 30.2 Å². The summed E-state index contributed by atoms with van der Waals surface area (Å²) in [5.41, 5.74) is 3.37. The molecule has 0 fully saturated rings. The van der Waals surface area contributed by atoms with Gasteiger partial charge in [0.25, 0.3) is 0 Å². The van der Waals surface area contributed by atoms with Gasteiger partial charge in [0.1, 0.15) is 5.75 Å². The predicted molar refractivity (Wildman–Crippen MR) is 129 cm³/mol. The van der Waals surface area contributed by atoms with Gasteiger partial charge in [-0.1, -0.05) is 36.4 Å². The highest BCUT2D eigenvalue weighted by Crippen LogP contribution is 2.18. The average molecular weight is 505 g/mol. The maximum absolute atomic E-state index is 5.44. The van der Waals surface area contributed by atoms with Crippen LogP contribution in [0.1, 0.15) is 11.1 Å². The molecule has 0 aliphatic heterocycles. The monoisotopic (exact) mass is 505 g/mol. The zero-order valence-electron chi connectivity index (χ0n) is 17.1. The Labute approximate surface area is 189 Å². The van der Waals surface area contributed by atoms with Crippen LogP contribution < -0.4 is 10.1 Å². The van der Waals surface area contributed by atoms with Crippen molar-refractivity contribution in [2.75, 3.05) is 27.7 Å². The fourth-order valence-corrected chi connectivity index (χ4v) is 3.08. The summed E-state index contributed by atoms with van der Waals surface area (Å²) in [5.74, 6) is 1.74. The van der Waals surface area contributed by atoms with Crippen molar-refractivity contribution in [3.05, 3.63) is 78.1 Å². The van der Waals surface area contributed by atoms with E-state index in [1.807, 2.05) is 66.5 Å². The number of rotatable bonds is 7. The molecule has 1 N–H and O–H groups in total. The van der Waals surface area contributed by atoms with Gasteiger partial charge in [0, 0.05) is 38.9 Å². The fourth-order valence-electron chi connectivity index (χ4n) is 3.08. The molecule has 0 saturated heterocycles. The molecule has 0 atom stereocenters. The Bertz CT molecular complexity index is 910. The van der Waals surface area contributed by atoms with Gasteiger partial charge in [-0.2, -0.15) is 5.10 Å². The standard InChI is InChI=1S/C22H27N5O.HI/c1-23-22(26(2)17-19-9-7-8-12-21(19)28-3)24-14-13-18-15-25-27(16-18)20-10-5-4-6-11-20;/h4-12,15-16H,13-14,17H2,1-3H3,(H,23,24);1H. The second-order valence-corrected chi connectivity index (χ2v) is 6.52. The van der Waals surface area contributed by atoms with E-state index >= 15 is 0 Å². The highest BCUT2D eigenvalue weighted by molar-refractivity contribution is 14.0. The topological polar surface area (TPSA) is 54.7 Å². The van der Waals surface area contributed by atoms with Crippen LogP contribution in [0.5, 0.6) is 5.75 Å². The molecule has 0 saturated carbocycles. The number of hydrogen-bond acceptors (Lipinski definition) is 3.